The molecule has 0 fully saturated rings. The van der Waals surface area contributed by atoms with Gasteiger partial charge in [0.05, 0.1) is 50.1 Å². The number of nitrogens with zero attached hydrogens (tertiary/aromatic N) is 4. The molecule has 4 aromatic rings. The monoisotopic (exact) mass is 545 g/mol. The van der Waals surface area contributed by atoms with E-state index >= 15 is 0 Å². The number of pyridine rings is 1. The highest BCUT2D eigenvalue weighted by Crippen LogP contribution is 2.50. The van der Waals surface area contributed by atoms with Crippen molar-refractivity contribution in [1.82, 2.24) is 19.4 Å². The highest BCUT2D eigenvalue weighted by Gasteiger charge is 2.45. The Hall–Kier alpha value is -3.67. The lowest BCUT2D eigenvalue weighted by atomic mass is 9.97. The number of aliphatic hydroxyl groups is 1. The second kappa shape index (κ2) is 8.67. The Morgan fingerprint density at radius 3 is 2.87 bits per heavy atom. The number of halogens is 2. The third-order valence-electron chi connectivity index (χ3n) is 8.21. The average molecular weight is 546 g/mol. The number of hydrogen-bond donors (Lipinski definition) is 2. The Kier molecular flexibility index (Phi) is 5.42. The molecule has 0 spiro atoms. The standard InChI is InChI=1S/C28H25F2N5O3Si/c1-34-21-11-20(23-17(26(34)37)3-2-4-22(23)38-27(29)30)35-19-10-14(5-6-18(19)33-25(21)35)16-9-15-7-8-39-28(31,13-36)24(15)32-12-16/h2-6,9-10,12,20-21,27,36H,7-8,11,13,31H2,1H3/t20-,21-,28+/m1/s1. The van der Waals surface area contributed by atoms with Crippen molar-refractivity contribution in [1.29, 1.82) is 0 Å². The van der Waals surface area contributed by atoms with Gasteiger partial charge in [-0.05, 0) is 47.9 Å². The van der Waals surface area contributed by atoms with Gasteiger partial charge in [0, 0.05) is 36.4 Å². The van der Waals surface area contributed by atoms with Crippen molar-refractivity contribution in [3.8, 4) is 16.9 Å². The zero-order chi connectivity index (χ0) is 27.1. The fourth-order valence-corrected chi connectivity index (χ4v) is 7.70. The number of aliphatic hydroxyl groups excluding tert-OH is 1. The first-order valence-corrected chi connectivity index (χ1v) is 14.0. The van der Waals surface area contributed by atoms with E-state index in [1.54, 1.807) is 30.3 Å². The van der Waals surface area contributed by atoms with Crippen LogP contribution in [0.1, 0.15) is 51.5 Å². The minimum atomic E-state index is -3.01. The third-order valence-corrected chi connectivity index (χ3v) is 9.74. The molecule has 2 aromatic heterocycles. The number of amides is 1. The van der Waals surface area contributed by atoms with E-state index in [-0.39, 0.29) is 24.3 Å². The van der Waals surface area contributed by atoms with Gasteiger partial charge in [-0.3, -0.25) is 9.78 Å². The van der Waals surface area contributed by atoms with E-state index < -0.39 is 17.8 Å². The lowest BCUT2D eigenvalue weighted by Gasteiger charge is -2.32. The lowest BCUT2D eigenvalue weighted by Crippen LogP contribution is -2.49. The van der Waals surface area contributed by atoms with Gasteiger partial charge in [-0.1, -0.05) is 18.2 Å². The number of hydrogen-bond acceptors (Lipinski definition) is 6. The molecular formula is C28H25F2N5O3Si. The highest BCUT2D eigenvalue weighted by molar-refractivity contribution is 6.40. The Bertz CT molecular complexity index is 1660. The van der Waals surface area contributed by atoms with Crippen molar-refractivity contribution in [2.24, 2.45) is 5.73 Å². The zero-order valence-electron chi connectivity index (χ0n) is 21.1. The summed E-state index contributed by atoms with van der Waals surface area (Å²) in [5.74, 6) is 0.492. The first-order chi connectivity index (χ1) is 18.8. The molecular weight excluding hydrogens is 520 g/mol. The van der Waals surface area contributed by atoms with Crippen LogP contribution in [-0.4, -0.2) is 60.2 Å². The summed E-state index contributed by atoms with van der Waals surface area (Å²) in [4.78, 5) is 24.5. The molecule has 5 heterocycles. The lowest BCUT2D eigenvalue weighted by molar-refractivity contribution is -0.0507. The summed E-state index contributed by atoms with van der Waals surface area (Å²) in [6.07, 6.45) is 3.15. The first kappa shape index (κ1) is 24.4. The Morgan fingerprint density at radius 2 is 2.08 bits per heavy atom. The van der Waals surface area contributed by atoms with Gasteiger partial charge in [0.1, 0.15) is 11.6 Å². The molecule has 2 radical (unpaired) electrons. The number of rotatable bonds is 4. The number of aromatic nitrogens is 3. The van der Waals surface area contributed by atoms with Crippen molar-refractivity contribution in [3.05, 3.63) is 76.9 Å². The number of ether oxygens (including phenoxy) is 1. The zero-order valence-corrected chi connectivity index (χ0v) is 22.1. The number of nitrogens with two attached hydrogens (primary N) is 1. The van der Waals surface area contributed by atoms with Crippen molar-refractivity contribution in [3.63, 3.8) is 0 Å². The fourth-order valence-electron chi connectivity index (χ4n) is 6.35. The topological polar surface area (TPSA) is 106 Å². The SMILES string of the molecule is CN1C(=O)c2cccc(OC(F)F)c2[C@H]2C[C@@H]1c1nc3ccc(-c4cnc5c(c4)CC[Si][C@@]5(N)CO)cc3n12. The summed E-state index contributed by atoms with van der Waals surface area (Å²) in [6, 6.07) is 13.0. The summed E-state index contributed by atoms with van der Waals surface area (Å²) in [7, 11) is 2.14. The van der Waals surface area contributed by atoms with E-state index in [0.717, 1.165) is 51.7 Å². The number of benzene rings is 2. The normalized spacial score (nSPS) is 23.5. The Balaban J connectivity index is 1.38. The van der Waals surface area contributed by atoms with E-state index in [2.05, 4.69) is 15.6 Å². The molecule has 0 unspecified atom stereocenters. The smallest absolute Gasteiger partial charge is 0.387 e. The van der Waals surface area contributed by atoms with E-state index in [0.29, 0.717) is 27.1 Å². The first-order valence-electron chi connectivity index (χ1n) is 12.8. The summed E-state index contributed by atoms with van der Waals surface area (Å²) < 4.78 is 33.7. The molecule has 3 N–H and O–H groups in total. The number of alkyl halides is 2. The molecule has 0 aliphatic carbocycles. The molecule has 3 aliphatic heterocycles. The maximum Gasteiger partial charge on any atom is 0.387 e. The molecule has 198 valence electrons. The maximum absolute atomic E-state index is 13.4. The number of carbonyl (C=O) groups is 1. The predicted octanol–water partition coefficient (Wildman–Crippen LogP) is 3.60. The molecule has 0 saturated heterocycles. The van der Waals surface area contributed by atoms with Gasteiger partial charge < -0.3 is 25.0 Å². The molecule has 2 aromatic carbocycles. The van der Waals surface area contributed by atoms with Gasteiger partial charge in [-0.2, -0.15) is 8.78 Å². The van der Waals surface area contributed by atoms with Crippen molar-refractivity contribution >= 4 is 26.5 Å². The van der Waals surface area contributed by atoms with Crippen LogP contribution in [0.3, 0.4) is 0 Å². The summed E-state index contributed by atoms with van der Waals surface area (Å²) in [6.45, 7) is -3.15. The second-order valence-corrected chi connectivity index (χ2v) is 12.1. The molecule has 3 atom stereocenters. The van der Waals surface area contributed by atoms with E-state index in [1.807, 2.05) is 18.2 Å². The maximum atomic E-state index is 13.4. The molecule has 0 saturated carbocycles. The number of imidazole rings is 1. The number of fused-ring (bicyclic) bond motifs is 10. The molecule has 11 heteroatoms. The largest absolute Gasteiger partial charge is 0.434 e. The highest BCUT2D eigenvalue weighted by atomic mass is 28.2. The Labute approximate surface area is 225 Å². The van der Waals surface area contributed by atoms with Gasteiger partial charge >= 0.3 is 6.61 Å². The Morgan fingerprint density at radius 1 is 1.23 bits per heavy atom. The van der Waals surface area contributed by atoms with E-state index in [9.17, 15) is 18.7 Å². The van der Waals surface area contributed by atoms with Crippen LogP contribution >= 0.6 is 0 Å². The van der Waals surface area contributed by atoms with Crippen molar-refractivity contribution < 1.29 is 23.4 Å². The van der Waals surface area contributed by atoms with Gasteiger partial charge in [0.25, 0.3) is 5.91 Å². The van der Waals surface area contributed by atoms with Crippen molar-refractivity contribution in [2.75, 3.05) is 13.7 Å². The van der Waals surface area contributed by atoms with E-state index in [4.69, 9.17) is 15.5 Å². The average Bonchev–Trinajstić information content (AvgIpc) is 3.45. The van der Waals surface area contributed by atoms with Crippen LogP contribution in [0.2, 0.25) is 6.04 Å². The second-order valence-electron chi connectivity index (χ2n) is 10.4. The number of aryl methyl sites for hydroxylation is 1. The van der Waals surface area contributed by atoms with Crippen LogP contribution in [0.15, 0.2) is 48.7 Å². The van der Waals surface area contributed by atoms with Gasteiger partial charge in [-0.25, -0.2) is 4.98 Å². The van der Waals surface area contributed by atoms with Gasteiger partial charge in [0.2, 0.25) is 0 Å². The molecule has 39 heavy (non-hydrogen) atoms. The van der Waals surface area contributed by atoms with Crippen molar-refractivity contribution in [2.45, 2.75) is 42.7 Å². The summed E-state index contributed by atoms with van der Waals surface area (Å²) >= 11 is 0. The number of carbonyl (C=O) groups excluding carboxylic acids is 1. The summed E-state index contributed by atoms with van der Waals surface area (Å²) in [5, 5.41) is 9.09. The van der Waals surface area contributed by atoms with Gasteiger partial charge in [-0.15, -0.1) is 0 Å². The van der Waals surface area contributed by atoms with Crippen LogP contribution in [0.5, 0.6) is 5.75 Å². The minimum Gasteiger partial charge on any atom is -0.434 e. The quantitative estimate of drug-likeness (QED) is 0.380. The fraction of sp³-hybridized carbons (Fsp3) is 0.321. The van der Waals surface area contributed by atoms with Crippen LogP contribution in [-0.2, 0) is 11.6 Å². The third kappa shape index (κ3) is 3.56. The van der Waals surface area contributed by atoms with Crippen LogP contribution in [0.4, 0.5) is 8.78 Å². The predicted molar refractivity (Wildman–Crippen MR) is 141 cm³/mol. The molecule has 1 amide bonds. The minimum absolute atomic E-state index is 0.00880. The van der Waals surface area contributed by atoms with E-state index in [1.165, 1.54) is 6.07 Å². The summed E-state index contributed by atoms with van der Waals surface area (Å²) in [5.41, 5.74) is 12.5. The molecule has 3 aliphatic rings. The molecule has 2 bridgehead atoms. The van der Waals surface area contributed by atoms with Crippen LogP contribution in [0, 0.1) is 0 Å². The van der Waals surface area contributed by atoms with Crippen LogP contribution in [0.25, 0.3) is 22.2 Å². The van der Waals surface area contributed by atoms with Gasteiger partial charge in [0.15, 0.2) is 0 Å². The van der Waals surface area contributed by atoms with Crippen LogP contribution < -0.4 is 10.5 Å². The molecule has 8 nitrogen and oxygen atoms in total. The molecule has 7 rings (SSSR count).